The van der Waals surface area contributed by atoms with Crippen molar-refractivity contribution in [3.8, 4) is 6.07 Å². The molecule has 0 spiro atoms. The molecule has 1 aliphatic carbocycles. The third-order valence-corrected chi connectivity index (χ3v) is 4.55. The van der Waals surface area contributed by atoms with Gasteiger partial charge in [-0.1, -0.05) is 36.4 Å². The number of Topliss-reactive ketones (excluding diaryl/α,β-unsaturated/α-hetero) is 2. The van der Waals surface area contributed by atoms with Gasteiger partial charge in [-0.15, -0.1) is 0 Å². The van der Waals surface area contributed by atoms with E-state index in [1.54, 1.807) is 12.1 Å². The molecule has 0 saturated heterocycles. The first-order valence-corrected chi connectivity index (χ1v) is 7.71. The average molecular weight is 303 g/mol. The number of hydrogen-bond acceptors (Lipinski definition) is 3. The molecular weight excluding hydrogens is 286 g/mol. The Morgan fingerprint density at radius 2 is 1.57 bits per heavy atom. The quantitative estimate of drug-likeness (QED) is 0.795. The summed E-state index contributed by atoms with van der Waals surface area (Å²) in [6.45, 7) is 1.93. The molecule has 0 amide bonds. The molecule has 1 saturated carbocycles. The highest BCUT2D eigenvalue weighted by atomic mass is 16.2. The van der Waals surface area contributed by atoms with Crippen LogP contribution in [0, 0.1) is 18.3 Å². The predicted molar refractivity (Wildman–Crippen MR) is 87.1 cm³/mol. The maximum absolute atomic E-state index is 12.6. The lowest BCUT2D eigenvalue weighted by Crippen LogP contribution is -2.31. The van der Waals surface area contributed by atoms with E-state index in [1.165, 1.54) is 0 Å². The van der Waals surface area contributed by atoms with Crippen molar-refractivity contribution in [1.29, 1.82) is 5.26 Å². The molecule has 3 rings (SSSR count). The number of carbonyl (C=O) groups excluding carboxylic acids is 2. The van der Waals surface area contributed by atoms with Gasteiger partial charge in [-0.2, -0.15) is 5.26 Å². The first kappa shape index (κ1) is 15.2. The van der Waals surface area contributed by atoms with Crippen LogP contribution >= 0.6 is 0 Å². The summed E-state index contributed by atoms with van der Waals surface area (Å²) in [7, 11) is 0. The number of rotatable bonds is 2. The van der Waals surface area contributed by atoms with Gasteiger partial charge >= 0.3 is 0 Å². The van der Waals surface area contributed by atoms with Crippen molar-refractivity contribution >= 4 is 11.6 Å². The van der Waals surface area contributed by atoms with Crippen molar-refractivity contribution < 1.29 is 9.59 Å². The van der Waals surface area contributed by atoms with Crippen LogP contribution in [-0.2, 0) is 9.59 Å². The van der Waals surface area contributed by atoms with Crippen LogP contribution in [0.4, 0.5) is 0 Å². The molecule has 2 aromatic rings. The maximum Gasteiger partial charge on any atom is 0.148 e. The van der Waals surface area contributed by atoms with Gasteiger partial charge in [-0.25, -0.2) is 0 Å². The van der Waals surface area contributed by atoms with Crippen molar-refractivity contribution in [2.75, 3.05) is 0 Å². The first-order chi connectivity index (χ1) is 11.1. The molecule has 3 heteroatoms. The van der Waals surface area contributed by atoms with E-state index < -0.39 is 5.92 Å². The molecule has 1 aliphatic rings. The summed E-state index contributed by atoms with van der Waals surface area (Å²) >= 11 is 0. The zero-order valence-electron chi connectivity index (χ0n) is 13.0. The van der Waals surface area contributed by atoms with Gasteiger partial charge in [-0.05, 0) is 41.7 Å². The summed E-state index contributed by atoms with van der Waals surface area (Å²) in [4.78, 5) is 25.2. The lowest BCUT2D eigenvalue weighted by Gasteiger charge is -2.27. The number of benzene rings is 2. The molecule has 0 atom stereocenters. The minimum atomic E-state index is -0.620. The van der Waals surface area contributed by atoms with Crippen molar-refractivity contribution in [3.05, 3.63) is 70.8 Å². The summed E-state index contributed by atoms with van der Waals surface area (Å²) in [5.74, 6) is -0.719. The molecule has 0 unspecified atom stereocenters. The third kappa shape index (κ3) is 2.93. The molecule has 3 nitrogen and oxygen atoms in total. The van der Waals surface area contributed by atoms with Gasteiger partial charge in [0.2, 0.25) is 0 Å². The Morgan fingerprint density at radius 1 is 0.957 bits per heavy atom. The fourth-order valence-electron chi connectivity index (χ4n) is 3.30. The highest BCUT2D eigenvalue weighted by Gasteiger charge is 2.37. The van der Waals surface area contributed by atoms with E-state index in [0.29, 0.717) is 18.4 Å². The van der Waals surface area contributed by atoms with Gasteiger partial charge in [0.15, 0.2) is 0 Å². The van der Waals surface area contributed by atoms with Crippen molar-refractivity contribution in [2.24, 2.45) is 0 Å². The van der Waals surface area contributed by atoms with Crippen molar-refractivity contribution in [1.82, 2.24) is 0 Å². The minimum absolute atomic E-state index is 0.00934. The Balaban J connectivity index is 1.85. The standard InChI is InChI=1S/C20H17NO2/c1-13-4-2-3-5-17(13)20-18(22)10-16(11-19(20)23)15-8-6-14(12-21)7-9-15/h2-9,16,20H,10-11H2,1H3. The van der Waals surface area contributed by atoms with Crippen LogP contribution in [0.2, 0.25) is 0 Å². The van der Waals surface area contributed by atoms with E-state index in [4.69, 9.17) is 5.26 Å². The Labute approximate surface area is 135 Å². The maximum atomic E-state index is 12.6. The number of carbonyl (C=O) groups is 2. The van der Waals surface area contributed by atoms with Crippen molar-refractivity contribution in [3.63, 3.8) is 0 Å². The Bertz CT molecular complexity index is 781. The van der Waals surface area contributed by atoms with Gasteiger partial charge in [0.25, 0.3) is 0 Å². The van der Waals surface area contributed by atoms with Gasteiger partial charge in [0.05, 0.1) is 11.6 Å². The lowest BCUT2D eigenvalue weighted by atomic mass is 9.73. The van der Waals surface area contributed by atoms with E-state index in [2.05, 4.69) is 6.07 Å². The lowest BCUT2D eigenvalue weighted by molar-refractivity contribution is -0.132. The molecule has 114 valence electrons. The topological polar surface area (TPSA) is 57.9 Å². The Kier molecular flexibility index (Phi) is 4.08. The zero-order valence-corrected chi connectivity index (χ0v) is 13.0. The number of nitriles is 1. The molecule has 1 fully saturated rings. The molecule has 0 heterocycles. The summed E-state index contributed by atoms with van der Waals surface area (Å²) in [6, 6.07) is 16.8. The van der Waals surface area contributed by atoms with E-state index in [9.17, 15) is 9.59 Å². The number of hydrogen-bond donors (Lipinski definition) is 0. The van der Waals surface area contributed by atoms with E-state index in [1.807, 2.05) is 43.3 Å². The molecule has 0 radical (unpaired) electrons. The number of nitrogens with zero attached hydrogens (tertiary/aromatic N) is 1. The van der Waals surface area contributed by atoms with E-state index in [-0.39, 0.29) is 17.5 Å². The predicted octanol–water partition coefficient (Wildman–Crippen LogP) is 3.67. The van der Waals surface area contributed by atoms with Crippen LogP contribution < -0.4 is 0 Å². The molecule has 0 N–H and O–H groups in total. The SMILES string of the molecule is Cc1ccccc1C1C(=O)CC(c2ccc(C#N)cc2)CC1=O. The molecule has 0 aliphatic heterocycles. The monoisotopic (exact) mass is 303 g/mol. The van der Waals surface area contributed by atoms with Gasteiger partial charge < -0.3 is 0 Å². The Hall–Kier alpha value is -2.73. The molecule has 2 aromatic carbocycles. The van der Waals surface area contributed by atoms with Crippen LogP contribution in [0.5, 0.6) is 0 Å². The molecule has 0 bridgehead atoms. The number of ketones is 2. The van der Waals surface area contributed by atoms with Crippen LogP contribution in [-0.4, -0.2) is 11.6 Å². The summed E-state index contributed by atoms with van der Waals surface area (Å²) < 4.78 is 0. The van der Waals surface area contributed by atoms with Crippen LogP contribution in [0.15, 0.2) is 48.5 Å². The second-order valence-corrected chi connectivity index (χ2v) is 6.06. The van der Waals surface area contributed by atoms with E-state index >= 15 is 0 Å². The highest BCUT2D eigenvalue weighted by Crippen LogP contribution is 2.37. The Morgan fingerprint density at radius 3 is 2.13 bits per heavy atom. The molecule has 0 aromatic heterocycles. The molecular formula is C20H17NO2. The summed E-state index contributed by atoms with van der Waals surface area (Å²) in [6.07, 6.45) is 0.743. The average Bonchev–Trinajstić information content (AvgIpc) is 2.56. The fourth-order valence-corrected chi connectivity index (χ4v) is 3.30. The van der Waals surface area contributed by atoms with Gasteiger partial charge in [-0.3, -0.25) is 9.59 Å². The first-order valence-electron chi connectivity index (χ1n) is 7.71. The van der Waals surface area contributed by atoms with E-state index in [0.717, 1.165) is 16.7 Å². The second-order valence-electron chi connectivity index (χ2n) is 6.06. The van der Waals surface area contributed by atoms with Crippen molar-refractivity contribution in [2.45, 2.75) is 31.6 Å². The zero-order chi connectivity index (χ0) is 16.4. The molecule has 23 heavy (non-hydrogen) atoms. The normalized spacial score (nSPS) is 21.0. The minimum Gasteiger partial charge on any atom is -0.298 e. The van der Waals surface area contributed by atoms with Crippen LogP contribution in [0.3, 0.4) is 0 Å². The third-order valence-electron chi connectivity index (χ3n) is 4.55. The smallest absolute Gasteiger partial charge is 0.148 e. The largest absolute Gasteiger partial charge is 0.298 e. The summed E-state index contributed by atoms with van der Waals surface area (Å²) in [5.41, 5.74) is 3.35. The van der Waals surface area contributed by atoms with Gasteiger partial charge in [0, 0.05) is 12.8 Å². The number of aryl methyl sites for hydroxylation is 1. The van der Waals surface area contributed by atoms with Crippen LogP contribution in [0.25, 0.3) is 0 Å². The second kappa shape index (κ2) is 6.18. The fraction of sp³-hybridized carbons (Fsp3) is 0.250. The van der Waals surface area contributed by atoms with Gasteiger partial charge in [0.1, 0.15) is 17.5 Å². The van der Waals surface area contributed by atoms with Crippen LogP contribution in [0.1, 0.15) is 46.9 Å². The highest BCUT2D eigenvalue weighted by molar-refractivity contribution is 6.10. The summed E-state index contributed by atoms with van der Waals surface area (Å²) in [5, 5.41) is 8.85.